The Kier molecular flexibility index (Phi) is 3.56. The average molecular weight is 222 g/mol. The number of aromatic nitrogens is 2. The molecule has 0 radical (unpaired) electrons. The minimum atomic E-state index is -0.0362. The molecule has 1 atom stereocenters. The van der Waals surface area contributed by atoms with E-state index < -0.39 is 0 Å². The number of nitrogens with one attached hydrogen (secondary N) is 2. The molecule has 1 aliphatic rings. The van der Waals surface area contributed by atoms with Gasteiger partial charge in [-0.3, -0.25) is 4.79 Å². The van der Waals surface area contributed by atoms with Crippen LogP contribution in [0.15, 0.2) is 12.5 Å². The van der Waals surface area contributed by atoms with Crippen molar-refractivity contribution >= 4 is 5.91 Å². The molecule has 1 fully saturated rings. The van der Waals surface area contributed by atoms with Crippen molar-refractivity contribution in [3.8, 4) is 0 Å². The van der Waals surface area contributed by atoms with E-state index in [0.29, 0.717) is 11.6 Å². The zero-order valence-corrected chi connectivity index (χ0v) is 9.57. The molecule has 88 valence electrons. The van der Waals surface area contributed by atoms with E-state index in [2.05, 4.69) is 15.6 Å². The van der Waals surface area contributed by atoms with Gasteiger partial charge in [0.05, 0.1) is 12.5 Å². The number of nitrogens with zero attached hydrogens (tertiary/aromatic N) is 2. The number of hydrogen-bond acceptors (Lipinski definition) is 3. The number of amides is 1. The summed E-state index contributed by atoms with van der Waals surface area (Å²) >= 11 is 0. The Labute approximate surface area is 95.2 Å². The van der Waals surface area contributed by atoms with Crippen molar-refractivity contribution in [3.05, 3.63) is 18.2 Å². The largest absolute Gasteiger partial charge is 0.351 e. The molecular formula is C11H18N4O. The molecule has 1 saturated heterocycles. The summed E-state index contributed by atoms with van der Waals surface area (Å²) in [5.41, 5.74) is 0.615. The first kappa shape index (κ1) is 11.1. The van der Waals surface area contributed by atoms with E-state index in [-0.39, 0.29) is 5.91 Å². The molecule has 2 rings (SSSR count). The van der Waals surface area contributed by atoms with Gasteiger partial charge >= 0.3 is 0 Å². The minimum absolute atomic E-state index is 0.0362. The van der Waals surface area contributed by atoms with Crippen LogP contribution in [0.3, 0.4) is 0 Å². The summed E-state index contributed by atoms with van der Waals surface area (Å²) in [5, 5.41) is 6.25. The maximum absolute atomic E-state index is 11.7. The van der Waals surface area contributed by atoms with Gasteiger partial charge in [-0.25, -0.2) is 4.98 Å². The molecule has 0 saturated carbocycles. The maximum Gasteiger partial charge on any atom is 0.269 e. The topological polar surface area (TPSA) is 59.0 Å². The Morgan fingerprint density at radius 1 is 1.75 bits per heavy atom. The lowest BCUT2D eigenvalue weighted by molar-refractivity contribution is 0.0943. The minimum Gasteiger partial charge on any atom is -0.351 e. The van der Waals surface area contributed by atoms with Crippen molar-refractivity contribution in [2.45, 2.75) is 12.8 Å². The van der Waals surface area contributed by atoms with Gasteiger partial charge in [-0.1, -0.05) is 0 Å². The molecule has 1 amide bonds. The van der Waals surface area contributed by atoms with Gasteiger partial charge in [-0.2, -0.15) is 0 Å². The summed E-state index contributed by atoms with van der Waals surface area (Å²) < 4.78 is 1.73. The van der Waals surface area contributed by atoms with Crippen LogP contribution in [0.25, 0.3) is 0 Å². The molecule has 1 aromatic heterocycles. The van der Waals surface area contributed by atoms with Crippen LogP contribution in [0.1, 0.15) is 23.3 Å². The fourth-order valence-electron chi connectivity index (χ4n) is 2.02. The van der Waals surface area contributed by atoms with Crippen molar-refractivity contribution in [2.75, 3.05) is 19.6 Å². The van der Waals surface area contributed by atoms with Crippen LogP contribution in [0, 0.1) is 5.92 Å². The number of imidazole rings is 1. The standard InChI is InChI=1S/C11H18N4O/c1-15-8-13-7-10(15)11(16)14-5-3-9-2-4-12-6-9/h7-9,12H,2-6H2,1H3,(H,14,16). The van der Waals surface area contributed by atoms with Gasteiger partial charge in [0, 0.05) is 13.6 Å². The van der Waals surface area contributed by atoms with Crippen molar-refractivity contribution in [2.24, 2.45) is 13.0 Å². The number of rotatable bonds is 4. The lowest BCUT2D eigenvalue weighted by atomic mass is 10.1. The third kappa shape index (κ3) is 2.61. The Bertz CT molecular complexity index is 355. The summed E-state index contributed by atoms with van der Waals surface area (Å²) in [5.74, 6) is 0.679. The molecular weight excluding hydrogens is 204 g/mol. The first-order chi connectivity index (χ1) is 7.77. The number of aryl methyl sites for hydroxylation is 1. The Balaban J connectivity index is 1.73. The van der Waals surface area contributed by atoms with Gasteiger partial charge in [-0.05, 0) is 31.8 Å². The van der Waals surface area contributed by atoms with Crippen LogP contribution in [0.2, 0.25) is 0 Å². The second-order valence-corrected chi connectivity index (χ2v) is 4.29. The summed E-state index contributed by atoms with van der Waals surface area (Å²) in [6.45, 7) is 2.94. The van der Waals surface area contributed by atoms with Crippen LogP contribution >= 0.6 is 0 Å². The van der Waals surface area contributed by atoms with E-state index in [1.807, 2.05) is 7.05 Å². The Hall–Kier alpha value is -1.36. The molecule has 1 aliphatic heterocycles. The molecule has 16 heavy (non-hydrogen) atoms. The van der Waals surface area contributed by atoms with Crippen molar-refractivity contribution in [1.82, 2.24) is 20.2 Å². The monoisotopic (exact) mass is 222 g/mol. The first-order valence-corrected chi connectivity index (χ1v) is 5.72. The van der Waals surface area contributed by atoms with Crippen molar-refractivity contribution < 1.29 is 4.79 Å². The second-order valence-electron chi connectivity index (χ2n) is 4.29. The van der Waals surface area contributed by atoms with Crippen LogP contribution in [0.4, 0.5) is 0 Å². The molecule has 5 nitrogen and oxygen atoms in total. The first-order valence-electron chi connectivity index (χ1n) is 5.72. The average Bonchev–Trinajstić information content (AvgIpc) is 2.88. The van der Waals surface area contributed by atoms with Gasteiger partial charge in [0.15, 0.2) is 0 Å². The zero-order valence-electron chi connectivity index (χ0n) is 9.57. The smallest absolute Gasteiger partial charge is 0.269 e. The van der Waals surface area contributed by atoms with E-state index in [1.165, 1.54) is 6.42 Å². The van der Waals surface area contributed by atoms with Gasteiger partial charge in [0.25, 0.3) is 5.91 Å². The third-order valence-corrected chi connectivity index (χ3v) is 3.05. The predicted molar refractivity (Wildman–Crippen MR) is 61.1 cm³/mol. The van der Waals surface area contributed by atoms with E-state index in [9.17, 15) is 4.79 Å². The van der Waals surface area contributed by atoms with E-state index >= 15 is 0 Å². The SMILES string of the molecule is Cn1cncc1C(=O)NCCC1CCNC1. The molecule has 5 heteroatoms. The molecule has 1 aromatic rings. The summed E-state index contributed by atoms with van der Waals surface area (Å²) in [7, 11) is 1.82. The normalized spacial score (nSPS) is 19.9. The molecule has 0 aliphatic carbocycles. The molecule has 2 N–H and O–H groups in total. The Morgan fingerprint density at radius 3 is 3.25 bits per heavy atom. The van der Waals surface area contributed by atoms with Crippen LogP contribution in [-0.2, 0) is 7.05 Å². The quantitative estimate of drug-likeness (QED) is 0.762. The predicted octanol–water partition coefficient (Wildman–Crippen LogP) is 0.150. The van der Waals surface area contributed by atoms with Gasteiger partial charge in [-0.15, -0.1) is 0 Å². The Morgan fingerprint density at radius 2 is 2.62 bits per heavy atom. The highest BCUT2D eigenvalue weighted by molar-refractivity contribution is 5.92. The van der Waals surface area contributed by atoms with Gasteiger partial charge in [0.2, 0.25) is 0 Å². The fraction of sp³-hybridized carbons (Fsp3) is 0.636. The lowest BCUT2D eigenvalue weighted by Crippen LogP contribution is -2.27. The zero-order chi connectivity index (χ0) is 11.4. The molecule has 0 spiro atoms. The highest BCUT2D eigenvalue weighted by atomic mass is 16.1. The molecule has 0 bridgehead atoms. The highest BCUT2D eigenvalue weighted by Crippen LogP contribution is 2.10. The number of carbonyl (C=O) groups excluding carboxylic acids is 1. The van der Waals surface area contributed by atoms with Gasteiger partial charge in [0.1, 0.15) is 5.69 Å². The number of hydrogen-bond donors (Lipinski definition) is 2. The summed E-state index contributed by atoms with van der Waals surface area (Å²) in [4.78, 5) is 15.6. The van der Waals surface area contributed by atoms with Crippen LogP contribution < -0.4 is 10.6 Å². The molecule has 2 heterocycles. The lowest BCUT2D eigenvalue weighted by Gasteiger charge is -2.09. The van der Waals surface area contributed by atoms with Gasteiger partial charge < -0.3 is 15.2 Å². The summed E-state index contributed by atoms with van der Waals surface area (Å²) in [6, 6.07) is 0. The maximum atomic E-state index is 11.7. The second kappa shape index (κ2) is 5.12. The molecule has 1 unspecified atom stereocenters. The molecule has 0 aromatic carbocycles. The van der Waals surface area contributed by atoms with E-state index in [4.69, 9.17) is 0 Å². The van der Waals surface area contributed by atoms with Crippen molar-refractivity contribution in [1.29, 1.82) is 0 Å². The highest BCUT2D eigenvalue weighted by Gasteiger charge is 2.15. The number of carbonyl (C=O) groups is 1. The van der Waals surface area contributed by atoms with Crippen LogP contribution in [0.5, 0.6) is 0 Å². The van der Waals surface area contributed by atoms with Crippen molar-refractivity contribution in [3.63, 3.8) is 0 Å². The fourth-order valence-corrected chi connectivity index (χ4v) is 2.02. The van der Waals surface area contributed by atoms with Crippen LogP contribution in [-0.4, -0.2) is 35.1 Å². The van der Waals surface area contributed by atoms with E-state index in [1.54, 1.807) is 17.1 Å². The summed E-state index contributed by atoms with van der Waals surface area (Å²) in [6.07, 6.45) is 5.50. The van der Waals surface area contributed by atoms with E-state index in [0.717, 1.165) is 26.1 Å². The third-order valence-electron chi connectivity index (χ3n) is 3.05.